The van der Waals surface area contributed by atoms with Crippen molar-refractivity contribution in [1.82, 2.24) is 15.2 Å². The van der Waals surface area contributed by atoms with E-state index < -0.39 is 0 Å². The van der Waals surface area contributed by atoms with Gasteiger partial charge in [0.25, 0.3) is 5.91 Å². The first kappa shape index (κ1) is 14.7. The topological polar surface area (TPSA) is 83.3 Å². The molecule has 0 aliphatic carbocycles. The Hall–Kier alpha value is -1.66. The van der Waals surface area contributed by atoms with Crippen molar-refractivity contribution in [2.24, 2.45) is 11.8 Å². The van der Waals surface area contributed by atoms with Gasteiger partial charge in [0.15, 0.2) is 0 Å². The molecule has 1 aromatic heterocycles. The Morgan fingerprint density at radius 3 is 2.95 bits per heavy atom. The fourth-order valence-electron chi connectivity index (χ4n) is 2.54. The molecule has 1 saturated heterocycles. The third-order valence-electron chi connectivity index (χ3n) is 3.60. The first-order valence-corrected chi connectivity index (χ1v) is 7.12. The van der Waals surface area contributed by atoms with Crippen molar-refractivity contribution in [3.05, 3.63) is 24.0 Å². The van der Waals surface area contributed by atoms with Gasteiger partial charge in [-0.2, -0.15) is 0 Å². The highest BCUT2D eigenvalue weighted by Crippen LogP contribution is 2.12. The average molecular weight is 277 g/mol. The predicted molar refractivity (Wildman–Crippen MR) is 79.2 cm³/mol. The number of anilines is 1. The van der Waals surface area contributed by atoms with Crippen LogP contribution in [0.4, 0.5) is 5.69 Å². The maximum Gasteiger partial charge on any atom is 0.253 e. The molecule has 4 N–H and O–H groups in total. The van der Waals surface area contributed by atoms with Gasteiger partial charge in [0.1, 0.15) is 0 Å². The third-order valence-corrected chi connectivity index (χ3v) is 3.60. The molecule has 2 heterocycles. The number of hydrazine groups is 1. The van der Waals surface area contributed by atoms with Gasteiger partial charge in [-0.15, -0.1) is 0 Å². The van der Waals surface area contributed by atoms with E-state index in [4.69, 9.17) is 5.84 Å². The van der Waals surface area contributed by atoms with E-state index in [1.807, 2.05) is 0 Å². The summed E-state index contributed by atoms with van der Waals surface area (Å²) in [4.78, 5) is 18.5. The normalized spacial score (nSPS) is 16.9. The lowest BCUT2D eigenvalue weighted by molar-refractivity contribution is 0.0946. The van der Waals surface area contributed by atoms with Gasteiger partial charge in [0.2, 0.25) is 0 Å². The Labute approximate surface area is 119 Å². The minimum Gasteiger partial charge on any atom is -0.352 e. The summed E-state index contributed by atoms with van der Waals surface area (Å²) >= 11 is 0. The number of nitrogens with two attached hydrogens (primary N) is 1. The van der Waals surface area contributed by atoms with Crippen molar-refractivity contribution >= 4 is 11.6 Å². The van der Waals surface area contributed by atoms with Crippen LogP contribution in [0.2, 0.25) is 0 Å². The number of nitrogen functional groups attached to an aromatic ring is 1. The largest absolute Gasteiger partial charge is 0.352 e. The lowest BCUT2D eigenvalue weighted by Gasteiger charge is -2.20. The number of nitrogens with zero attached hydrogens (tertiary/aromatic N) is 2. The molecular formula is C14H23N5O. The third kappa shape index (κ3) is 3.91. The van der Waals surface area contributed by atoms with Crippen LogP contribution in [0.3, 0.4) is 0 Å². The van der Waals surface area contributed by atoms with E-state index in [1.165, 1.54) is 25.9 Å². The molecule has 6 heteroatoms. The molecule has 1 aliphatic heterocycles. The Morgan fingerprint density at radius 2 is 2.25 bits per heavy atom. The second kappa shape index (κ2) is 7.21. The number of nitrogens with one attached hydrogen (secondary N) is 2. The van der Waals surface area contributed by atoms with E-state index in [0.717, 1.165) is 6.54 Å². The molecule has 6 nitrogen and oxygen atoms in total. The van der Waals surface area contributed by atoms with Crippen LogP contribution < -0.4 is 16.6 Å². The number of carbonyl (C=O) groups excluding carboxylic acids is 1. The molecule has 1 aromatic rings. The fourth-order valence-corrected chi connectivity index (χ4v) is 2.54. The summed E-state index contributed by atoms with van der Waals surface area (Å²) in [6.07, 6.45) is 5.72. The van der Waals surface area contributed by atoms with Crippen LogP contribution in [0.25, 0.3) is 0 Å². The highest BCUT2D eigenvalue weighted by Gasteiger charge is 2.16. The molecule has 0 saturated carbocycles. The van der Waals surface area contributed by atoms with Gasteiger partial charge >= 0.3 is 0 Å². The SMILES string of the molecule is CC(CNC(=O)c1ccncc1NN)CN1CCCC1. The molecule has 1 unspecified atom stereocenters. The van der Waals surface area contributed by atoms with Crippen molar-refractivity contribution in [2.75, 3.05) is 31.6 Å². The van der Waals surface area contributed by atoms with Gasteiger partial charge in [-0.25, -0.2) is 0 Å². The molecule has 2 rings (SSSR count). The smallest absolute Gasteiger partial charge is 0.253 e. The van der Waals surface area contributed by atoms with Crippen molar-refractivity contribution in [2.45, 2.75) is 19.8 Å². The number of aromatic nitrogens is 1. The highest BCUT2D eigenvalue weighted by atomic mass is 16.1. The lowest BCUT2D eigenvalue weighted by Crippen LogP contribution is -2.34. The summed E-state index contributed by atoms with van der Waals surface area (Å²) in [7, 11) is 0. The Morgan fingerprint density at radius 1 is 1.50 bits per heavy atom. The fraction of sp³-hybridized carbons (Fsp3) is 0.571. The van der Waals surface area contributed by atoms with E-state index in [9.17, 15) is 4.79 Å². The summed E-state index contributed by atoms with van der Waals surface area (Å²) in [6, 6.07) is 1.66. The van der Waals surface area contributed by atoms with E-state index in [0.29, 0.717) is 23.7 Å². The van der Waals surface area contributed by atoms with Crippen LogP contribution in [0.5, 0.6) is 0 Å². The zero-order valence-corrected chi connectivity index (χ0v) is 11.9. The zero-order valence-electron chi connectivity index (χ0n) is 11.9. The van der Waals surface area contributed by atoms with Crippen LogP contribution >= 0.6 is 0 Å². The number of rotatable bonds is 6. The molecule has 1 atom stereocenters. The van der Waals surface area contributed by atoms with Crippen molar-refractivity contribution in [1.29, 1.82) is 0 Å². The maximum atomic E-state index is 12.1. The number of pyridine rings is 1. The second-order valence-electron chi connectivity index (χ2n) is 5.39. The molecule has 1 amide bonds. The minimum atomic E-state index is -0.117. The quantitative estimate of drug-likeness (QED) is 0.530. The predicted octanol–water partition coefficient (Wildman–Crippen LogP) is 0.829. The van der Waals surface area contributed by atoms with Gasteiger partial charge < -0.3 is 15.6 Å². The van der Waals surface area contributed by atoms with Crippen molar-refractivity contribution in [3.8, 4) is 0 Å². The van der Waals surface area contributed by atoms with Crippen LogP contribution in [0.15, 0.2) is 18.5 Å². The molecule has 110 valence electrons. The average Bonchev–Trinajstić information content (AvgIpc) is 2.97. The minimum absolute atomic E-state index is 0.117. The number of amides is 1. The summed E-state index contributed by atoms with van der Waals surface area (Å²) in [5.41, 5.74) is 3.55. The van der Waals surface area contributed by atoms with Crippen LogP contribution in [-0.4, -0.2) is 42.0 Å². The molecule has 0 bridgehead atoms. The van der Waals surface area contributed by atoms with Gasteiger partial charge in [0.05, 0.1) is 17.4 Å². The van der Waals surface area contributed by atoms with Gasteiger partial charge in [-0.05, 0) is 37.9 Å². The van der Waals surface area contributed by atoms with Crippen LogP contribution in [-0.2, 0) is 0 Å². The maximum absolute atomic E-state index is 12.1. The molecule has 0 radical (unpaired) electrons. The Bertz CT molecular complexity index is 445. The first-order chi connectivity index (χ1) is 9.70. The molecule has 20 heavy (non-hydrogen) atoms. The first-order valence-electron chi connectivity index (χ1n) is 7.12. The molecule has 0 aromatic carbocycles. The number of likely N-dealkylation sites (tertiary alicyclic amines) is 1. The van der Waals surface area contributed by atoms with Gasteiger partial charge in [-0.1, -0.05) is 6.92 Å². The molecule has 1 aliphatic rings. The summed E-state index contributed by atoms with van der Waals surface area (Å²) in [5.74, 6) is 5.70. The van der Waals surface area contributed by atoms with E-state index in [2.05, 4.69) is 27.6 Å². The molecule has 1 fully saturated rings. The van der Waals surface area contributed by atoms with Gasteiger partial charge in [0, 0.05) is 19.3 Å². The second-order valence-corrected chi connectivity index (χ2v) is 5.39. The van der Waals surface area contributed by atoms with Crippen LogP contribution in [0.1, 0.15) is 30.1 Å². The van der Waals surface area contributed by atoms with E-state index >= 15 is 0 Å². The van der Waals surface area contributed by atoms with Gasteiger partial charge in [-0.3, -0.25) is 15.6 Å². The number of hydrogen-bond donors (Lipinski definition) is 3. The highest BCUT2D eigenvalue weighted by molar-refractivity contribution is 5.99. The monoisotopic (exact) mass is 277 g/mol. The Balaban J connectivity index is 1.82. The summed E-state index contributed by atoms with van der Waals surface area (Å²) < 4.78 is 0. The van der Waals surface area contributed by atoms with E-state index in [-0.39, 0.29) is 5.91 Å². The summed E-state index contributed by atoms with van der Waals surface area (Å²) in [5, 5.41) is 2.96. The zero-order chi connectivity index (χ0) is 14.4. The van der Waals surface area contributed by atoms with Crippen molar-refractivity contribution < 1.29 is 4.79 Å². The Kier molecular flexibility index (Phi) is 5.31. The summed E-state index contributed by atoms with van der Waals surface area (Å²) in [6.45, 7) is 6.24. The molecule has 0 spiro atoms. The van der Waals surface area contributed by atoms with Crippen molar-refractivity contribution in [3.63, 3.8) is 0 Å². The molecular weight excluding hydrogens is 254 g/mol. The van der Waals surface area contributed by atoms with Crippen LogP contribution in [0, 0.1) is 5.92 Å². The standard InChI is InChI=1S/C14H23N5O/c1-11(10-19-6-2-3-7-19)8-17-14(20)12-4-5-16-9-13(12)18-15/h4-5,9,11,18H,2-3,6-8,10,15H2,1H3,(H,17,20). The number of carbonyl (C=O) groups is 1. The number of hydrogen-bond acceptors (Lipinski definition) is 5. The lowest BCUT2D eigenvalue weighted by atomic mass is 10.1. The van der Waals surface area contributed by atoms with E-state index in [1.54, 1.807) is 18.5 Å².